The quantitative estimate of drug-likeness (QED) is 0.715. The monoisotopic (exact) mass is 224 g/mol. The van der Waals surface area contributed by atoms with Gasteiger partial charge >= 0.3 is 0 Å². The Labute approximate surface area is 97.2 Å². The summed E-state index contributed by atoms with van der Waals surface area (Å²) in [5.41, 5.74) is 0.200. The van der Waals surface area contributed by atoms with Crippen molar-refractivity contribution in [3.63, 3.8) is 0 Å². The molecule has 1 heterocycles. The van der Waals surface area contributed by atoms with Crippen LogP contribution in [0.1, 0.15) is 33.6 Å². The first-order valence-corrected chi connectivity index (χ1v) is 5.69. The summed E-state index contributed by atoms with van der Waals surface area (Å²) in [6.45, 7) is 8.29. The fourth-order valence-electron chi connectivity index (χ4n) is 1.93. The van der Waals surface area contributed by atoms with Gasteiger partial charge < -0.3 is 9.64 Å². The lowest BCUT2D eigenvalue weighted by atomic mass is 9.88. The number of carbonyl (C=O) groups excluding carboxylic acids is 1. The molecule has 0 spiro atoms. The Bertz CT molecular complexity index is 288. The van der Waals surface area contributed by atoms with Crippen molar-refractivity contribution in [1.82, 2.24) is 4.90 Å². The first-order chi connectivity index (χ1) is 7.42. The van der Waals surface area contributed by atoms with Gasteiger partial charge in [0.1, 0.15) is 6.42 Å². The third-order valence-corrected chi connectivity index (χ3v) is 2.56. The van der Waals surface area contributed by atoms with E-state index >= 15 is 0 Å². The minimum atomic E-state index is -0.0790. The van der Waals surface area contributed by atoms with Crippen molar-refractivity contribution in [3.8, 4) is 6.07 Å². The molecule has 0 aliphatic carbocycles. The van der Waals surface area contributed by atoms with E-state index in [9.17, 15) is 4.79 Å². The third-order valence-electron chi connectivity index (χ3n) is 2.56. The molecule has 0 aromatic heterocycles. The Balaban J connectivity index is 2.48. The van der Waals surface area contributed by atoms with Crippen molar-refractivity contribution in [2.45, 2.75) is 39.7 Å². The number of hydrogen-bond acceptors (Lipinski definition) is 3. The largest absolute Gasteiger partial charge is 0.375 e. The van der Waals surface area contributed by atoms with E-state index in [1.165, 1.54) is 0 Å². The van der Waals surface area contributed by atoms with E-state index in [0.717, 1.165) is 6.42 Å². The molecule has 0 aromatic carbocycles. The van der Waals surface area contributed by atoms with Crippen LogP contribution in [0.2, 0.25) is 0 Å². The summed E-state index contributed by atoms with van der Waals surface area (Å²) in [7, 11) is 0. The van der Waals surface area contributed by atoms with Gasteiger partial charge in [0.15, 0.2) is 0 Å². The van der Waals surface area contributed by atoms with Crippen LogP contribution in [0.3, 0.4) is 0 Å². The van der Waals surface area contributed by atoms with Crippen molar-refractivity contribution < 1.29 is 9.53 Å². The summed E-state index contributed by atoms with van der Waals surface area (Å²) in [5.74, 6) is -0.0790. The summed E-state index contributed by atoms with van der Waals surface area (Å²) in [6.07, 6.45) is 1.02. The minimum Gasteiger partial charge on any atom is -0.375 e. The number of hydrogen-bond donors (Lipinski definition) is 0. The molecule has 0 N–H and O–H groups in total. The van der Waals surface area contributed by atoms with Gasteiger partial charge in [-0.25, -0.2) is 0 Å². The highest BCUT2D eigenvalue weighted by molar-refractivity contribution is 5.78. The SMILES string of the molecule is CC(C)(C)C[C@H]1CN(C(=O)CC#N)CCO1. The van der Waals surface area contributed by atoms with Gasteiger partial charge in [-0.15, -0.1) is 0 Å². The van der Waals surface area contributed by atoms with Crippen LogP contribution in [-0.4, -0.2) is 36.6 Å². The van der Waals surface area contributed by atoms with Crippen molar-refractivity contribution in [2.75, 3.05) is 19.7 Å². The fourth-order valence-corrected chi connectivity index (χ4v) is 1.93. The molecule has 1 saturated heterocycles. The second-order valence-electron chi connectivity index (χ2n) is 5.43. The predicted octanol–water partition coefficient (Wildman–Crippen LogP) is 1.56. The molecule has 0 unspecified atom stereocenters. The molecule has 0 bridgehead atoms. The predicted molar refractivity (Wildman–Crippen MR) is 60.6 cm³/mol. The highest BCUT2D eigenvalue weighted by Crippen LogP contribution is 2.24. The van der Waals surface area contributed by atoms with Gasteiger partial charge in [0.2, 0.25) is 5.91 Å². The first-order valence-electron chi connectivity index (χ1n) is 5.69. The number of carbonyl (C=O) groups is 1. The van der Waals surface area contributed by atoms with E-state index in [0.29, 0.717) is 19.7 Å². The topological polar surface area (TPSA) is 53.3 Å². The molecule has 0 aromatic rings. The van der Waals surface area contributed by atoms with E-state index in [4.69, 9.17) is 10.00 Å². The van der Waals surface area contributed by atoms with Gasteiger partial charge in [0, 0.05) is 13.1 Å². The molecule has 1 aliphatic heterocycles. The first kappa shape index (κ1) is 13.0. The summed E-state index contributed by atoms with van der Waals surface area (Å²) in [6, 6.07) is 1.90. The zero-order chi connectivity index (χ0) is 12.2. The average molecular weight is 224 g/mol. The van der Waals surface area contributed by atoms with Gasteiger partial charge in [0.05, 0.1) is 18.8 Å². The lowest BCUT2D eigenvalue weighted by molar-refractivity contribution is -0.138. The Kier molecular flexibility index (Phi) is 4.31. The maximum Gasteiger partial charge on any atom is 0.236 e. The van der Waals surface area contributed by atoms with Crippen LogP contribution in [0.4, 0.5) is 0 Å². The average Bonchev–Trinajstić information content (AvgIpc) is 2.16. The lowest BCUT2D eigenvalue weighted by Crippen LogP contribution is -2.46. The molecule has 1 amide bonds. The van der Waals surface area contributed by atoms with Gasteiger partial charge in [0.25, 0.3) is 0 Å². The minimum absolute atomic E-state index is 0.0256. The van der Waals surface area contributed by atoms with Gasteiger partial charge in [-0.2, -0.15) is 5.26 Å². The van der Waals surface area contributed by atoms with E-state index in [2.05, 4.69) is 20.8 Å². The van der Waals surface area contributed by atoms with Gasteiger partial charge in [-0.1, -0.05) is 20.8 Å². The molecule has 1 fully saturated rings. The standard InChI is InChI=1S/C12H20N2O2/c1-12(2,3)8-10-9-14(6-7-16-10)11(15)4-5-13/h10H,4,6-9H2,1-3H3/t10-/m0/s1. The van der Waals surface area contributed by atoms with Crippen molar-refractivity contribution in [3.05, 3.63) is 0 Å². The van der Waals surface area contributed by atoms with E-state index in [-0.39, 0.29) is 23.8 Å². The number of rotatable bonds is 2. The molecule has 1 aliphatic rings. The van der Waals surface area contributed by atoms with Crippen LogP contribution in [-0.2, 0) is 9.53 Å². The molecule has 1 rings (SSSR count). The van der Waals surface area contributed by atoms with Gasteiger partial charge in [-0.3, -0.25) is 4.79 Å². The highest BCUT2D eigenvalue weighted by Gasteiger charge is 2.27. The van der Waals surface area contributed by atoms with Crippen molar-refractivity contribution in [2.24, 2.45) is 5.41 Å². The van der Waals surface area contributed by atoms with Crippen molar-refractivity contribution >= 4 is 5.91 Å². The molecule has 1 atom stereocenters. The smallest absolute Gasteiger partial charge is 0.236 e. The van der Waals surface area contributed by atoms with Crippen LogP contribution in [0.5, 0.6) is 0 Å². The summed E-state index contributed by atoms with van der Waals surface area (Å²) >= 11 is 0. The Hall–Kier alpha value is -1.08. The lowest BCUT2D eigenvalue weighted by Gasteiger charge is -2.35. The van der Waals surface area contributed by atoms with Crippen LogP contribution in [0.25, 0.3) is 0 Å². The zero-order valence-corrected chi connectivity index (χ0v) is 10.3. The molecule has 90 valence electrons. The zero-order valence-electron chi connectivity index (χ0n) is 10.3. The molecule has 4 heteroatoms. The molecule has 0 radical (unpaired) electrons. The maximum atomic E-state index is 11.6. The second kappa shape index (κ2) is 5.31. The number of nitriles is 1. The van der Waals surface area contributed by atoms with Gasteiger partial charge in [-0.05, 0) is 11.8 Å². The van der Waals surface area contributed by atoms with E-state index in [1.807, 2.05) is 6.07 Å². The fraction of sp³-hybridized carbons (Fsp3) is 0.833. The Morgan fingerprint density at radius 3 is 2.81 bits per heavy atom. The van der Waals surface area contributed by atoms with E-state index < -0.39 is 0 Å². The molecule has 4 nitrogen and oxygen atoms in total. The number of nitrogens with zero attached hydrogens (tertiary/aromatic N) is 2. The maximum absolute atomic E-state index is 11.6. The Morgan fingerprint density at radius 1 is 1.56 bits per heavy atom. The van der Waals surface area contributed by atoms with Crippen LogP contribution in [0, 0.1) is 16.7 Å². The second-order valence-corrected chi connectivity index (χ2v) is 5.43. The van der Waals surface area contributed by atoms with Crippen molar-refractivity contribution in [1.29, 1.82) is 5.26 Å². The Morgan fingerprint density at radius 2 is 2.25 bits per heavy atom. The van der Waals surface area contributed by atoms with E-state index in [1.54, 1.807) is 4.90 Å². The summed E-state index contributed by atoms with van der Waals surface area (Å²) in [4.78, 5) is 13.3. The van der Waals surface area contributed by atoms with Crippen LogP contribution < -0.4 is 0 Å². The van der Waals surface area contributed by atoms with Crippen LogP contribution >= 0.6 is 0 Å². The summed E-state index contributed by atoms with van der Waals surface area (Å²) in [5, 5.41) is 8.49. The third kappa shape index (κ3) is 4.19. The molecular weight excluding hydrogens is 204 g/mol. The number of amides is 1. The molecule has 16 heavy (non-hydrogen) atoms. The molecular formula is C12H20N2O2. The normalized spacial score (nSPS) is 21.6. The number of ether oxygens (including phenoxy) is 1. The highest BCUT2D eigenvalue weighted by atomic mass is 16.5. The van der Waals surface area contributed by atoms with Crippen LogP contribution in [0.15, 0.2) is 0 Å². The number of morpholine rings is 1. The summed E-state index contributed by atoms with van der Waals surface area (Å²) < 4.78 is 5.64. The molecule has 0 saturated carbocycles.